The Kier molecular flexibility index (Phi) is 1.54. The lowest BCUT2D eigenvalue weighted by Gasteiger charge is -2.01. The highest BCUT2D eigenvalue weighted by Crippen LogP contribution is 2.16. The average Bonchev–Trinajstić information content (AvgIpc) is 2.59. The molecule has 0 saturated heterocycles. The Balaban J connectivity index is 2.59. The Morgan fingerprint density at radius 2 is 2.07 bits per heavy atom. The number of aryl methyl sites for hydroxylation is 2. The number of rotatable bonds is 0. The number of hydrogen-bond donors (Lipinski definition) is 0. The lowest BCUT2D eigenvalue weighted by Crippen LogP contribution is -1.95. The van der Waals surface area contributed by atoms with Crippen molar-refractivity contribution >= 4 is 16.6 Å². The molecule has 74 valence electrons. The normalized spacial score (nSPS) is 11.3. The second kappa shape index (κ2) is 2.76. The maximum atomic E-state index is 4.41. The van der Waals surface area contributed by atoms with Gasteiger partial charge in [-0.1, -0.05) is 0 Å². The maximum absolute atomic E-state index is 4.41. The van der Waals surface area contributed by atoms with Crippen LogP contribution in [0.25, 0.3) is 16.6 Å². The topological polar surface area (TPSA) is 43.1 Å². The van der Waals surface area contributed by atoms with Crippen LogP contribution in [0.2, 0.25) is 0 Å². The summed E-state index contributed by atoms with van der Waals surface area (Å²) in [5.74, 6) is 0. The van der Waals surface area contributed by atoms with E-state index in [2.05, 4.69) is 15.1 Å². The Labute approximate surface area is 86.6 Å². The summed E-state index contributed by atoms with van der Waals surface area (Å²) >= 11 is 0. The molecule has 15 heavy (non-hydrogen) atoms. The highest BCUT2D eigenvalue weighted by Gasteiger charge is 2.05. The summed E-state index contributed by atoms with van der Waals surface area (Å²) in [4.78, 5) is 8.59. The van der Waals surface area contributed by atoms with E-state index >= 15 is 0 Å². The van der Waals surface area contributed by atoms with Crippen molar-refractivity contribution in [2.24, 2.45) is 0 Å². The smallest absolute Gasteiger partial charge is 0.155 e. The molecular formula is C11H10N4. The molecule has 0 aliphatic carbocycles. The zero-order valence-corrected chi connectivity index (χ0v) is 8.60. The second-order valence-corrected chi connectivity index (χ2v) is 3.64. The molecule has 0 aromatic carbocycles. The van der Waals surface area contributed by atoms with Gasteiger partial charge in [0.15, 0.2) is 5.65 Å². The number of aromatic nitrogens is 4. The predicted molar refractivity (Wildman–Crippen MR) is 57.8 cm³/mol. The number of nitrogens with zero attached hydrogens (tertiary/aromatic N) is 4. The van der Waals surface area contributed by atoms with Gasteiger partial charge in [0.25, 0.3) is 0 Å². The van der Waals surface area contributed by atoms with Gasteiger partial charge in [0.1, 0.15) is 0 Å². The van der Waals surface area contributed by atoms with E-state index in [1.54, 1.807) is 6.20 Å². The first-order valence-electron chi connectivity index (χ1n) is 4.82. The van der Waals surface area contributed by atoms with Crippen LogP contribution in [0, 0.1) is 13.8 Å². The van der Waals surface area contributed by atoms with Crippen LogP contribution in [0.3, 0.4) is 0 Å². The summed E-state index contributed by atoms with van der Waals surface area (Å²) in [5.41, 5.74) is 3.89. The molecule has 3 heterocycles. The Hall–Kier alpha value is -1.97. The van der Waals surface area contributed by atoms with E-state index in [9.17, 15) is 0 Å². The number of hydrogen-bond acceptors (Lipinski definition) is 3. The second-order valence-electron chi connectivity index (χ2n) is 3.64. The van der Waals surface area contributed by atoms with Crippen molar-refractivity contribution in [3.8, 4) is 0 Å². The van der Waals surface area contributed by atoms with E-state index in [1.807, 2.05) is 36.7 Å². The molecule has 4 heteroatoms. The summed E-state index contributed by atoms with van der Waals surface area (Å²) in [7, 11) is 0. The van der Waals surface area contributed by atoms with Gasteiger partial charge in [-0.25, -0.2) is 9.50 Å². The van der Waals surface area contributed by atoms with Crippen LogP contribution in [0.15, 0.2) is 24.5 Å². The molecule has 0 aliphatic rings. The fourth-order valence-electron chi connectivity index (χ4n) is 1.79. The average molecular weight is 198 g/mol. The fourth-order valence-corrected chi connectivity index (χ4v) is 1.79. The van der Waals surface area contributed by atoms with E-state index in [1.165, 1.54) is 0 Å². The van der Waals surface area contributed by atoms with Gasteiger partial charge in [-0.2, -0.15) is 5.10 Å². The quantitative estimate of drug-likeness (QED) is 0.554. The zero-order valence-electron chi connectivity index (χ0n) is 8.60. The van der Waals surface area contributed by atoms with E-state index in [4.69, 9.17) is 0 Å². The minimum Gasteiger partial charge on any atom is -0.261 e. The van der Waals surface area contributed by atoms with Crippen molar-refractivity contribution in [2.45, 2.75) is 13.8 Å². The third-order valence-corrected chi connectivity index (χ3v) is 2.53. The number of pyridine rings is 1. The van der Waals surface area contributed by atoms with Gasteiger partial charge in [0.05, 0.1) is 11.2 Å². The minimum absolute atomic E-state index is 0.880. The lowest BCUT2D eigenvalue weighted by atomic mass is 10.2. The Morgan fingerprint density at radius 3 is 2.93 bits per heavy atom. The van der Waals surface area contributed by atoms with Crippen LogP contribution in [0.4, 0.5) is 0 Å². The predicted octanol–water partition coefficient (Wildman–Crippen LogP) is 1.89. The van der Waals surface area contributed by atoms with Gasteiger partial charge in [0.2, 0.25) is 0 Å². The van der Waals surface area contributed by atoms with Crippen molar-refractivity contribution in [1.82, 2.24) is 19.6 Å². The summed E-state index contributed by atoms with van der Waals surface area (Å²) in [6.45, 7) is 3.95. The molecule has 3 rings (SSSR count). The van der Waals surface area contributed by atoms with Crippen molar-refractivity contribution in [3.63, 3.8) is 0 Å². The van der Waals surface area contributed by atoms with Crippen LogP contribution >= 0.6 is 0 Å². The largest absolute Gasteiger partial charge is 0.261 e. The molecule has 0 unspecified atom stereocenters. The van der Waals surface area contributed by atoms with Crippen molar-refractivity contribution < 1.29 is 0 Å². The van der Waals surface area contributed by atoms with Gasteiger partial charge in [-0.05, 0) is 19.9 Å². The summed E-state index contributed by atoms with van der Waals surface area (Å²) in [6.07, 6.45) is 3.66. The molecule has 0 amide bonds. The van der Waals surface area contributed by atoms with Crippen LogP contribution in [0.5, 0.6) is 0 Å². The van der Waals surface area contributed by atoms with E-state index in [0.29, 0.717) is 0 Å². The summed E-state index contributed by atoms with van der Waals surface area (Å²) < 4.78 is 1.86. The van der Waals surface area contributed by atoms with Crippen LogP contribution in [-0.2, 0) is 0 Å². The first kappa shape index (κ1) is 8.35. The van der Waals surface area contributed by atoms with E-state index in [0.717, 1.165) is 27.9 Å². The van der Waals surface area contributed by atoms with Gasteiger partial charge in [-0.15, -0.1) is 0 Å². The minimum atomic E-state index is 0.880. The molecule has 0 fully saturated rings. The molecule has 4 nitrogen and oxygen atoms in total. The standard InChI is InChI=1S/C11H10N4/c1-7-5-11-13-6-9-8(2)12-4-3-10(9)15(11)14-7/h3-6H,1-2H3. The van der Waals surface area contributed by atoms with Gasteiger partial charge < -0.3 is 0 Å². The number of fused-ring (bicyclic) bond motifs is 3. The van der Waals surface area contributed by atoms with Crippen LogP contribution in [-0.4, -0.2) is 19.6 Å². The molecule has 3 aromatic rings. The van der Waals surface area contributed by atoms with Crippen molar-refractivity contribution in [1.29, 1.82) is 0 Å². The summed E-state index contributed by atoms with van der Waals surface area (Å²) in [5, 5.41) is 5.46. The third kappa shape index (κ3) is 1.11. The fraction of sp³-hybridized carbons (Fsp3) is 0.182. The molecule has 0 aliphatic heterocycles. The van der Waals surface area contributed by atoms with Crippen LogP contribution in [0.1, 0.15) is 11.4 Å². The lowest BCUT2D eigenvalue weighted by molar-refractivity contribution is 0.952. The maximum Gasteiger partial charge on any atom is 0.155 e. The van der Waals surface area contributed by atoms with E-state index in [-0.39, 0.29) is 0 Å². The molecule has 0 saturated carbocycles. The Morgan fingerprint density at radius 1 is 1.20 bits per heavy atom. The monoisotopic (exact) mass is 198 g/mol. The molecule has 0 N–H and O–H groups in total. The zero-order chi connectivity index (χ0) is 10.4. The molecular weight excluding hydrogens is 188 g/mol. The van der Waals surface area contributed by atoms with E-state index < -0.39 is 0 Å². The molecule has 0 atom stereocenters. The van der Waals surface area contributed by atoms with Gasteiger partial charge >= 0.3 is 0 Å². The first-order chi connectivity index (χ1) is 7.25. The molecule has 0 bridgehead atoms. The first-order valence-corrected chi connectivity index (χ1v) is 4.82. The third-order valence-electron chi connectivity index (χ3n) is 2.53. The highest BCUT2D eigenvalue weighted by molar-refractivity contribution is 5.81. The van der Waals surface area contributed by atoms with Crippen molar-refractivity contribution in [3.05, 3.63) is 35.9 Å². The van der Waals surface area contributed by atoms with Gasteiger partial charge in [-0.3, -0.25) is 4.98 Å². The molecule has 0 radical (unpaired) electrons. The van der Waals surface area contributed by atoms with Crippen molar-refractivity contribution in [2.75, 3.05) is 0 Å². The van der Waals surface area contributed by atoms with Crippen LogP contribution < -0.4 is 0 Å². The SMILES string of the molecule is Cc1cc2ncc3c(C)nccc3n2n1. The molecule has 3 aromatic heterocycles. The molecule has 0 spiro atoms. The Bertz CT molecular complexity index is 654. The highest BCUT2D eigenvalue weighted by atomic mass is 15.3. The summed E-state index contributed by atoms with van der Waals surface area (Å²) in [6, 6.07) is 3.93. The van der Waals surface area contributed by atoms with Gasteiger partial charge in [0, 0.05) is 29.5 Å².